The number of carbonyl (C=O) groups excluding carboxylic acids is 1. The molecule has 0 atom stereocenters. The summed E-state index contributed by atoms with van der Waals surface area (Å²) in [5.41, 5.74) is 2.07. The SMILES string of the molecule is COc1nc(CC(=O)[O-])ccc1-c1ccc(Cl)cc1.[Na+]. The number of hydrogen-bond acceptors (Lipinski definition) is 4. The van der Waals surface area contributed by atoms with E-state index < -0.39 is 5.97 Å². The molecule has 0 fully saturated rings. The number of carbonyl (C=O) groups is 1. The summed E-state index contributed by atoms with van der Waals surface area (Å²) in [6.45, 7) is 0. The van der Waals surface area contributed by atoms with E-state index in [1.54, 1.807) is 24.3 Å². The minimum absolute atomic E-state index is 0. The van der Waals surface area contributed by atoms with Crippen molar-refractivity contribution in [1.82, 2.24) is 4.98 Å². The molecule has 6 heteroatoms. The Kier molecular flexibility index (Phi) is 6.49. The van der Waals surface area contributed by atoms with Crippen molar-refractivity contribution >= 4 is 17.6 Å². The summed E-state index contributed by atoms with van der Waals surface area (Å²) in [6.07, 6.45) is -0.239. The number of halogens is 1. The van der Waals surface area contributed by atoms with Crippen LogP contribution in [0.5, 0.6) is 5.88 Å². The molecular weight excluding hydrogens is 289 g/mol. The number of methoxy groups -OCH3 is 1. The van der Waals surface area contributed by atoms with E-state index in [-0.39, 0.29) is 36.0 Å². The van der Waals surface area contributed by atoms with Gasteiger partial charge in [-0.05, 0) is 29.8 Å². The Bertz CT molecular complexity index is 602. The number of pyridine rings is 1. The molecule has 4 nitrogen and oxygen atoms in total. The molecule has 0 unspecified atom stereocenters. The fourth-order valence-electron chi connectivity index (χ4n) is 1.73. The summed E-state index contributed by atoms with van der Waals surface area (Å²) in [4.78, 5) is 14.7. The van der Waals surface area contributed by atoms with Crippen LogP contribution < -0.4 is 39.4 Å². The second kappa shape index (κ2) is 7.64. The number of ether oxygens (including phenoxy) is 1. The van der Waals surface area contributed by atoms with E-state index in [2.05, 4.69) is 4.98 Å². The Labute approximate surface area is 144 Å². The predicted molar refractivity (Wildman–Crippen MR) is 69.9 cm³/mol. The minimum Gasteiger partial charge on any atom is -0.550 e. The van der Waals surface area contributed by atoms with E-state index in [9.17, 15) is 9.90 Å². The molecule has 0 aliphatic carbocycles. The Balaban J connectivity index is 0.00000200. The molecular formula is C14H11ClNNaO3. The molecule has 0 saturated carbocycles. The quantitative estimate of drug-likeness (QED) is 0.659. The van der Waals surface area contributed by atoms with Gasteiger partial charge in [0.15, 0.2) is 0 Å². The van der Waals surface area contributed by atoms with Crippen LogP contribution in [-0.4, -0.2) is 18.1 Å². The molecule has 0 N–H and O–H groups in total. The van der Waals surface area contributed by atoms with E-state index in [1.165, 1.54) is 7.11 Å². The van der Waals surface area contributed by atoms with Crippen LogP contribution in [0.15, 0.2) is 36.4 Å². The number of hydrogen-bond donors (Lipinski definition) is 0. The van der Waals surface area contributed by atoms with Crippen LogP contribution in [0.2, 0.25) is 5.02 Å². The molecule has 0 aliphatic rings. The number of aromatic nitrogens is 1. The van der Waals surface area contributed by atoms with Gasteiger partial charge in [0.05, 0.1) is 12.8 Å². The first kappa shape index (κ1) is 17.0. The zero-order valence-electron chi connectivity index (χ0n) is 11.2. The number of benzene rings is 1. The van der Waals surface area contributed by atoms with Crippen LogP contribution in [0.25, 0.3) is 11.1 Å². The fourth-order valence-corrected chi connectivity index (χ4v) is 1.86. The van der Waals surface area contributed by atoms with E-state index in [0.717, 1.165) is 11.1 Å². The van der Waals surface area contributed by atoms with Crippen molar-refractivity contribution in [2.75, 3.05) is 7.11 Å². The van der Waals surface area contributed by atoms with Gasteiger partial charge >= 0.3 is 29.6 Å². The number of carboxylic acids is 1. The van der Waals surface area contributed by atoms with Crippen LogP contribution in [0.4, 0.5) is 0 Å². The number of nitrogens with zero attached hydrogens (tertiary/aromatic N) is 1. The molecule has 0 radical (unpaired) electrons. The summed E-state index contributed by atoms with van der Waals surface area (Å²) >= 11 is 5.84. The molecule has 98 valence electrons. The first-order chi connectivity index (χ1) is 9.10. The largest absolute Gasteiger partial charge is 1.00 e. The van der Waals surface area contributed by atoms with E-state index >= 15 is 0 Å². The van der Waals surface area contributed by atoms with Gasteiger partial charge in [0.2, 0.25) is 5.88 Å². The van der Waals surface area contributed by atoms with Crippen molar-refractivity contribution in [3.63, 3.8) is 0 Å². The van der Waals surface area contributed by atoms with Crippen LogP contribution in [0.3, 0.4) is 0 Å². The van der Waals surface area contributed by atoms with Gasteiger partial charge in [-0.3, -0.25) is 0 Å². The molecule has 0 aliphatic heterocycles. The van der Waals surface area contributed by atoms with E-state index in [4.69, 9.17) is 16.3 Å². The van der Waals surface area contributed by atoms with Gasteiger partial charge in [-0.1, -0.05) is 23.7 Å². The Hall–Kier alpha value is -1.07. The summed E-state index contributed by atoms with van der Waals surface area (Å²) in [7, 11) is 1.49. The molecule has 1 heterocycles. The molecule has 2 rings (SSSR count). The molecule has 0 saturated heterocycles. The van der Waals surface area contributed by atoms with Gasteiger partial charge in [-0.2, -0.15) is 0 Å². The third kappa shape index (κ3) is 4.21. The van der Waals surface area contributed by atoms with Crippen molar-refractivity contribution < 1.29 is 44.2 Å². The van der Waals surface area contributed by atoms with Crippen molar-refractivity contribution in [2.24, 2.45) is 0 Å². The fraction of sp³-hybridized carbons (Fsp3) is 0.143. The molecule has 1 aromatic heterocycles. The second-order valence-corrected chi connectivity index (χ2v) is 4.35. The zero-order valence-corrected chi connectivity index (χ0v) is 14.0. The maximum atomic E-state index is 10.6. The van der Waals surface area contributed by atoms with Crippen molar-refractivity contribution in [3.8, 4) is 17.0 Å². The first-order valence-corrected chi connectivity index (χ1v) is 5.97. The smallest absolute Gasteiger partial charge is 0.550 e. The van der Waals surface area contributed by atoms with Crippen molar-refractivity contribution in [1.29, 1.82) is 0 Å². The summed E-state index contributed by atoms with van der Waals surface area (Å²) in [5.74, 6) is -0.796. The second-order valence-electron chi connectivity index (χ2n) is 3.92. The number of rotatable bonds is 4. The zero-order chi connectivity index (χ0) is 13.8. The third-order valence-electron chi connectivity index (χ3n) is 2.59. The summed E-state index contributed by atoms with van der Waals surface area (Å²) in [5, 5.41) is 11.2. The molecule has 0 bridgehead atoms. The molecule has 0 amide bonds. The Morgan fingerprint density at radius 1 is 1.25 bits per heavy atom. The standard InChI is InChI=1S/C14H12ClNO3.Na/c1-19-14-12(9-2-4-10(15)5-3-9)7-6-11(16-14)8-13(17)18;/h2-7H,8H2,1H3,(H,17,18);/q;+1/p-1. The van der Waals surface area contributed by atoms with Gasteiger partial charge < -0.3 is 14.6 Å². The molecule has 1 aromatic carbocycles. The number of aliphatic carboxylic acids is 1. The van der Waals surface area contributed by atoms with Gasteiger partial charge in [-0.25, -0.2) is 4.98 Å². The van der Waals surface area contributed by atoms with Gasteiger partial charge in [-0.15, -0.1) is 0 Å². The minimum atomic E-state index is -1.17. The van der Waals surface area contributed by atoms with Crippen LogP contribution in [-0.2, 0) is 11.2 Å². The van der Waals surface area contributed by atoms with Gasteiger partial charge in [0.1, 0.15) is 0 Å². The van der Waals surface area contributed by atoms with Gasteiger partial charge in [0, 0.05) is 23.0 Å². The Morgan fingerprint density at radius 3 is 2.45 bits per heavy atom. The topological polar surface area (TPSA) is 62.2 Å². The van der Waals surface area contributed by atoms with Gasteiger partial charge in [0.25, 0.3) is 0 Å². The van der Waals surface area contributed by atoms with Crippen LogP contribution in [0, 0.1) is 0 Å². The van der Waals surface area contributed by atoms with Crippen molar-refractivity contribution in [3.05, 3.63) is 47.1 Å². The summed E-state index contributed by atoms with van der Waals surface area (Å²) in [6, 6.07) is 10.6. The maximum absolute atomic E-state index is 10.6. The van der Waals surface area contributed by atoms with Crippen LogP contribution >= 0.6 is 11.6 Å². The Morgan fingerprint density at radius 2 is 1.90 bits per heavy atom. The number of carboxylic acid groups (broad SMARTS) is 1. The third-order valence-corrected chi connectivity index (χ3v) is 2.84. The van der Waals surface area contributed by atoms with E-state index in [1.807, 2.05) is 12.1 Å². The average molecular weight is 300 g/mol. The van der Waals surface area contributed by atoms with Crippen molar-refractivity contribution in [2.45, 2.75) is 6.42 Å². The predicted octanol–water partition coefficient (Wildman–Crippen LogP) is -1.29. The first-order valence-electron chi connectivity index (χ1n) is 5.60. The van der Waals surface area contributed by atoms with Crippen LogP contribution in [0.1, 0.15) is 5.69 Å². The summed E-state index contributed by atoms with van der Waals surface area (Å²) < 4.78 is 5.19. The maximum Gasteiger partial charge on any atom is 1.00 e. The molecule has 0 spiro atoms. The monoisotopic (exact) mass is 299 g/mol. The van der Waals surface area contributed by atoms with E-state index in [0.29, 0.717) is 16.6 Å². The molecule has 20 heavy (non-hydrogen) atoms. The normalized spacial score (nSPS) is 9.70. The average Bonchev–Trinajstić information content (AvgIpc) is 2.39. The molecule has 2 aromatic rings.